The van der Waals surface area contributed by atoms with Crippen LogP contribution in [0.15, 0.2) is 108 Å². The third-order valence-corrected chi connectivity index (χ3v) is 8.98. The van der Waals surface area contributed by atoms with Gasteiger partial charge < -0.3 is 4.74 Å². The molecule has 0 amide bonds. The van der Waals surface area contributed by atoms with E-state index in [2.05, 4.69) is 74.3 Å². The molecule has 1 aliphatic heterocycles. The monoisotopic (exact) mass is 646 g/mol. The van der Waals surface area contributed by atoms with Crippen LogP contribution in [0.3, 0.4) is 0 Å². The number of nitrogens with zero attached hydrogens (tertiary/aromatic N) is 2. The van der Waals surface area contributed by atoms with E-state index in [0.29, 0.717) is 4.53 Å². The predicted octanol–water partition coefficient (Wildman–Crippen LogP) is 7.02. The first-order valence-corrected chi connectivity index (χ1v) is 14.8. The molecule has 2 aliphatic rings. The second-order valence-corrected chi connectivity index (χ2v) is 12.2. The van der Waals surface area contributed by atoms with Gasteiger partial charge in [0.1, 0.15) is 5.75 Å². The number of halogens is 2. The number of methoxy groups -OCH3 is 1. The van der Waals surface area contributed by atoms with Gasteiger partial charge in [0, 0.05) is 8.95 Å². The van der Waals surface area contributed by atoms with Crippen LogP contribution in [0.4, 0.5) is 0 Å². The minimum absolute atomic E-state index is 0.00644. The van der Waals surface area contributed by atoms with Gasteiger partial charge in [0.05, 0.1) is 23.4 Å². The summed E-state index contributed by atoms with van der Waals surface area (Å²) in [5.74, 6) is 0.789. The van der Waals surface area contributed by atoms with Crippen molar-refractivity contribution in [1.29, 1.82) is 0 Å². The lowest BCUT2D eigenvalue weighted by molar-refractivity contribution is 0.415. The number of ether oxygens (including phenoxy) is 1. The Morgan fingerprint density at radius 2 is 1.53 bits per heavy atom. The van der Waals surface area contributed by atoms with E-state index in [4.69, 9.17) is 9.73 Å². The summed E-state index contributed by atoms with van der Waals surface area (Å²) >= 11 is 8.55. The number of hydrogen-bond acceptors (Lipinski definition) is 4. The van der Waals surface area contributed by atoms with Crippen LogP contribution in [0.5, 0.6) is 5.75 Å². The fourth-order valence-corrected chi connectivity index (χ4v) is 6.64. The van der Waals surface area contributed by atoms with Crippen LogP contribution in [0.2, 0.25) is 0 Å². The largest absolute Gasteiger partial charge is 0.497 e. The maximum atomic E-state index is 13.9. The Kier molecular flexibility index (Phi) is 7.08. The van der Waals surface area contributed by atoms with Gasteiger partial charge in [0.2, 0.25) is 0 Å². The number of allylic oxidation sites excluding steroid dienone is 2. The first kappa shape index (κ1) is 25.3. The van der Waals surface area contributed by atoms with E-state index in [9.17, 15) is 4.79 Å². The first-order chi connectivity index (χ1) is 18.5. The standard InChI is InChI=1S/C31H24Br2N2O2S/c1-37-25-15-7-20(8-16-25)18-27-30(36)35-29(21-9-13-24(33)14-10-21)26-4-2-3-22(28(26)34-31(35)38-27)17-19-5-11-23(32)12-6-19/h5-18,29H,2-4H2,1H3/b22-17-,27-18-/t29-/m1/s1. The lowest BCUT2D eigenvalue weighted by Crippen LogP contribution is -2.39. The van der Waals surface area contributed by atoms with Crippen LogP contribution < -0.4 is 19.6 Å². The number of aromatic nitrogens is 1. The number of thiazole rings is 1. The number of rotatable bonds is 4. The van der Waals surface area contributed by atoms with Crippen LogP contribution in [-0.4, -0.2) is 11.7 Å². The smallest absolute Gasteiger partial charge is 0.271 e. The molecule has 7 heteroatoms. The fourth-order valence-electron chi connectivity index (χ4n) is 5.11. The summed E-state index contributed by atoms with van der Waals surface area (Å²) in [4.78, 5) is 19.8. The molecule has 0 radical (unpaired) electrons. The van der Waals surface area contributed by atoms with Gasteiger partial charge in [-0.25, -0.2) is 4.99 Å². The van der Waals surface area contributed by atoms with Gasteiger partial charge in [-0.3, -0.25) is 9.36 Å². The summed E-state index contributed by atoms with van der Waals surface area (Å²) < 4.78 is 9.93. The molecule has 0 saturated heterocycles. The summed E-state index contributed by atoms with van der Waals surface area (Å²) in [6, 6.07) is 24.2. The minimum Gasteiger partial charge on any atom is -0.497 e. The molecule has 2 heterocycles. The molecule has 0 fully saturated rings. The normalized spacial score (nSPS) is 18.2. The molecule has 0 saturated carbocycles. The van der Waals surface area contributed by atoms with Crippen LogP contribution in [0.1, 0.15) is 42.0 Å². The molecule has 4 nitrogen and oxygen atoms in total. The first-order valence-electron chi connectivity index (χ1n) is 12.4. The molecule has 0 unspecified atom stereocenters. The van der Waals surface area contributed by atoms with E-state index in [0.717, 1.165) is 61.1 Å². The van der Waals surface area contributed by atoms with Gasteiger partial charge in [0.25, 0.3) is 5.56 Å². The Morgan fingerprint density at radius 1 is 0.895 bits per heavy atom. The van der Waals surface area contributed by atoms with Crippen molar-refractivity contribution in [2.45, 2.75) is 25.3 Å². The average Bonchev–Trinajstić information content (AvgIpc) is 3.24. The van der Waals surface area contributed by atoms with Crippen molar-refractivity contribution >= 4 is 55.3 Å². The van der Waals surface area contributed by atoms with Crippen molar-refractivity contribution in [1.82, 2.24) is 4.57 Å². The van der Waals surface area contributed by atoms with Crippen LogP contribution in [0, 0.1) is 0 Å². The van der Waals surface area contributed by atoms with Gasteiger partial charge >= 0.3 is 0 Å². The average molecular weight is 648 g/mol. The second-order valence-electron chi connectivity index (χ2n) is 9.36. The molecule has 0 bridgehead atoms. The van der Waals surface area contributed by atoms with E-state index in [1.54, 1.807) is 7.11 Å². The van der Waals surface area contributed by atoms with Crippen molar-refractivity contribution in [3.8, 4) is 5.75 Å². The third kappa shape index (κ3) is 4.91. The Hall–Kier alpha value is -3.00. The summed E-state index contributed by atoms with van der Waals surface area (Å²) in [6.07, 6.45) is 7.10. The van der Waals surface area contributed by atoms with Crippen LogP contribution in [0.25, 0.3) is 12.2 Å². The summed E-state index contributed by atoms with van der Waals surface area (Å²) in [5, 5.41) is 0. The molecule has 6 rings (SSSR count). The number of benzene rings is 3. The molecule has 3 aromatic carbocycles. The van der Waals surface area contributed by atoms with Gasteiger partial charge in [-0.1, -0.05) is 79.6 Å². The highest BCUT2D eigenvalue weighted by atomic mass is 79.9. The maximum Gasteiger partial charge on any atom is 0.271 e. The zero-order valence-electron chi connectivity index (χ0n) is 20.7. The minimum atomic E-state index is -0.180. The highest BCUT2D eigenvalue weighted by Crippen LogP contribution is 2.41. The van der Waals surface area contributed by atoms with E-state index < -0.39 is 0 Å². The van der Waals surface area contributed by atoms with Crippen LogP contribution in [-0.2, 0) is 0 Å². The van der Waals surface area contributed by atoms with Crippen molar-refractivity contribution < 1.29 is 4.74 Å². The van der Waals surface area contributed by atoms with E-state index in [-0.39, 0.29) is 11.6 Å². The number of fused-ring (bicyclic) bond motifs is 1. The van der Waals surface area contributed by atoms with E-state index in [1.165, 1.54) is 22.5 Å². The maximum absolute atomic E-state index is 13.9. The van der Waals surface area contributed by atoms with E-state index >= 15 is 0 Å². The SMILES string of the molecule is COc1ccc(/C=c2\sc3n(c2=O)[C@H](c2ccc(Br)cc2)C2=C(N=3)/C(=C\c3ccc(Br)cc3)CCC2)cc1. The third-order valence-electron chi connectivity index (χ3n) is 6.94. The summed E-state index contributed by atoms with van der Waals surface area (Å²) in [7, 11) is 1.65. The molecule has 0 N–H and O–H groups in total. The Balaban J connectivity index is 1.55. The Bertz CT molecular complexity index is 1750. The van der Waals surface area contributed by atoms with Crippen LogP contribution >= 0.6 is 43.2 Å². The molecular weight excluding hydrogens is 624 g/mol. The zero-order chi connectivity index (χ0) is 26.2. The van der Waals surface area contributed by atoms with Crippen molar-refractivity contribution in [3.05, 3.63) is 135 Å². The number of hydrogen-bond donors (Lipinski definition) is 0. The molecule has 190 valence electrons. The molecular formula is C31H24Br2N2O2S. The molecule has 4 aromatic rings. The lowest BCUT2D eigenvalue weighted by atomic mass is 9.84. The molecule has 38 heavy (non-hydrogen) atoms. The lowest BCUT2D eigenvalue weighted by Gasteiger charge is -2.31. The zero-order valence-corrected chi connectivity index (χ0v) is 24.6. The van der Waals surface area contributed by atoms with Crippen molar-refractivity contribution in [2.24, 2.45) is 4.99 Å². The van der Waals surface area contributed by atoms with E-state index in [1.807, 2.05) is 47.0 Å². The van der Waals surface area contributed by atoms with Crippen molar-refractivity contribution in [2.75, 3.05) is 7.11 Å². The fraction of sp³-hybridized carbons (Fsp3) is 0.161. The summed E-state index contributed by atoms with van der Waals surface area (Å²) in [5.41, 5.74) is 6.66. The van der Waals surface area contributed by atoms with Gasteiger partial charge in [-0.15, -0.1) is 0 Å². The Labute approximate surface area is 241 Å². The predicted molar refractivity (Wildman–Crippen MR) is 161 cm³/mol. The molecule has 1 atom stereocenters. The highest BCUT2D eigenvalue weighted by Gasteiger charge is 2.32. The topological polar surface area (TPSA) is 43.6 Å². The quantitative estimate of drug-likeness (QED) is 0.239. The molecule has 0 spiro atoms. The molecule has 1 aromatic heterocycles. The van der Waals surface area contributed by atoms with Gasteiger partial charge in [0.15, 0.2) is 4.80 Å². The van der Waals surface area contributed by atoms with Crippen molar-refractivity contribution in [3.63, 3.8) is 0 Å². The molecule has 1 aliphatic carbocycles. The van der Waals surface area contributed by atoms with Gasteiger partial charge in [-0.2, -0.15) is 0 Å². The second kappa shape index (κ2) is 10.6. The summed E-state index contributed by atoms with van der Waals surface area (Å²) in [6.45, 7) is 0. The highest BCUT2D eigenvalue weighted by molar-refractivity contribution is 9.10. The Morgan fingerprint density at radius 3 is 2.21 bits per heavy atom. The van der Waals surface area contributed by atoms with Gasteiger partial charge in [-0.05, 0) is 95.6 Å².